The van der Waals surface area contributed by atoms with E-state index < -0.39 is 0 Å². The Labute approximate surface area is 151 Å². The van der Waals surface area contributed by atoms with E-state index >= 15 is 0 Å². The van der Waals surface area contributed by atoms with Crippen molar-refractivity contribution in [1.29, 1.82) is 0 Å². The number of amides is 1. The van der Waals surface area contributed by atoms with Gasteiger partial charge in [0.15, 0.2) is 0 Å². The number of carbonyl (C=O) groups excluding carboxylic acids is 1. The highest BCUT2D eigenvalue weighted by Gasteiger charge is 2.19. The third-order valence-electron chi connectivity index (χ3n) is 4.11. The first-order valence-electron chi connectivity index (χ1n) is 8.04. The Balaban J connectivity index is 1.80. The Morgan fingerprint density at radius 3 is 2.48 bits per heavy atom. The van der Waals surface area contributed by atoms with Crippen LogP contribution in [0.5, 0.6) is 0 Å². The van der Waals surface area contributed by atoms with Gasteiger partial charge in [0.1, 0.15) is 5.69 Å². The zero-order valence-corrected chi connectivity index (χ0v) is 14.9. The van der Waals surface area contributed by atoms with Crippen LogP contribution in [0, 0.1) is 13.8 Å². The molecule has 0 saturated carbocycles. The summed E-state index contributed by atoms with van der Waals surface area (Å²) in [5, 5.41) is 8.06. The molecule has 6 heteroatoms. The van der Waals surface area contributed by atoms with Gasteiger partial charge in [-0.3, -0.25) is 14.5 Å². The van der Waals surface area contributed by atoms with Crippen LogP contribution in [-0.2, 0) is 13.0 Å². The number of benzene rings is 1. The molecule has 0 aliphatic heterocycles. The summed E-state index contributed by atoms with van der Waals surface area (Å²) in [6.45, 7) is 4.46. The molecule has 0 aliphatic carbocycles. The lowest BCUT2D eigenvalue weighted by atomic mass is 10.2. The van der Waals surface area contributed by atoms with Gasteiger partial charge in [-0.1, -0.05) is 11.6 Å². The maximum atomic E-state index is 12.8. The molecular weight excluding hydrogens is 336 g/mol. The molecule has 1 N–H and O–H groups in total. The average Bonchev–Trinajstić information content (AvgIpc) is 2.90. The lowest BCUT2D eigenvalue weighted by molar-refractivity contribution is 0.101. The highest BCUT2D eigenvalue weighted by atomic mass is 35.5. The number of aromatic nitrogens is 3. The lowest BCUT2D eigenvalue weighted by Crippen LogP contribution is -2.19. The molecule has 128 valence electrons. The summed E-state index contributed by atoms with van der Waals surface area (Å²) < 4.78 is 1.77. The molecule has 0 saturated heterocycles. The summed E-state index contributed by atoms with van der Waals surface area (Å²) in [4.78, 5) is 16.8. The number of hydrogen-bond donors (Lipinski definition) is 1. The van der Waals surface area contributed by atoms with Gasteiger partial charge in [0, 0.05) is 35.2 Å². The van der Waals surface area contributed by atoms with Gasteiger partial charge in [-0.15, -0.1) is 0 Å². The monoisotopic (exact) mass is 354 g/mol. The fourth-order valence-corrected chi connectivity index (χ4v) is 2.75. The standard InChI is InChI=1S/C19H19ClN4O/c1-13-14(2)23-24(12-9-15-7-10-21-11-8-15)18(13)19(25)22-17-5-3-16(20)4-6-17/h3-8,10-11H,9,12H2,1-2H3,(H,22,25). The Morgan fingerprint density at radius 1 is 1.12 bits per heavy atom. The number of nitrogens with one attached hydrogen (secondary N) is 1. The van der Waals surface area contributed by atoms with Gasteiger partial charge < -0.3 is 5.32 Å². The number of nitrogens with zero attached hydrogens (tertiary/aromatic N) is 3. The topological polar surface area (TPSA) is 59.8 Å². The van der Waals surface area contributed by atoms with Crippen LogP contribution in [0.15, 0.2) is 48.8 Å². The van der Waals surface area contributed by atoms with E-state index in [1.54, 1.807) is 41.3 Å². The largest absolute Gasteiger partial charge is 0.321 e. The quantitative estimate of drug-likeness (QED) is 0.752. The number of carbonyl (C=O) groups is 1. The van der Waals surface area contributed by atoms with E-state index in [2.05, 4.69) is 15.4 Å². The first kappa shape index (κ1) is 17.2. The first-order chi connectivity index (χ1) is 12.0. The van der Waals surface area contributed by atoms with Crippen molar-refractivity contribution in [3.8, 4) is 0 Å². The van der Waals surface area contributed by atoms with E-state index in [1.165, 1.54) is 0 Å². The molecule has 2 heterocycles. The van der Waals surface area contributed by atoms with Crippen molar-refractivity contribution < 1.29 is 4.79 Å². The second-order valence-corrected chi connectivity index (χ2v) is 6.29. The van der Waals surface area contributed by atoms with Crippen LogP contribution < -0.4 is 5.32 Å². The minimum Gasteiger partial charge on any atom is -0.321 e. The molecule has 0 bridgehead atoms. The molecule has 25 heavy (non-hydrogen) atoms. The maximum absolute atomic E-state index is 12.8. The molecule has 2 aromatic heterocycles. The number of aryl methyl sites for hydroxylation is 3. The van der Waals surface area contributed by atoms with Crippen LogP contribution in [0.3, 0.4) is 0 Å². The van der Waals surface area contributed by atoms with Crippen LogP contribution in [0.1, 0.15) is 27.3 Å². The SMILES string of the molecule is Cc1nn(CCc2ccncc2)c(C(=O)Nc2ccc(Cl)cc2)c1C. The molecule has 0 aliphatic rings. The number of hydrogen-bond acceptors (Lipinski definition) is 3. The zero-order chi connectivity index (χ0) is 17.8. The molecule has 0 radical (unpaired) electrons. The molecule has 1 aromatic carbocycles. The van der Waals surface area contributed by atoms with Gasteiger partial charge in [-0.2, -0.15) is 5.10 Å². The minimum absolute atomic E-state index is 0.171. The fraction of sp³-hybridized carbons (Fsp3) is 0.211. The Morgan fingerprint density at radius 2 is 1.80 bits per heavy atom. The highest BCUT2D eigenvalue weighted by Crippen LogP contribution is 2.18. The van der Waals surface area contributed by atoms with Crippen LogP contribution in [0.25, 0.3) is 0 Å². The Hall–Kier alpha value is -2.66. The van der Waals surface area contributed by atoms with E-state index in [1.807, 2.05) is 26.0 Å². The third-order valence-corrected chi connectivity index (χ3v) is 4.36. The molecule has 0 fully saturated rings. The van der Waals surface area contributed by atoms with Gasteiger partial charge in [0.05, 0.1) is 5.69 Å². The van der Waals surface area contributed by atoms with E-state index in [-0.39, 0.29) is 5.91 Å². The van der Waals surface area contributed by atoms with E-state index in [0.717, 1.165) is 23.2 Å². The van der Waals surface area contributed by atoms with E-state index in [9.17, 15) is 4.79 Å². The Kier molecular flexibility index (Phi) is 5.14. The van der Waals surface area contributed by atoms with Crippen LogP contribution in [0.4, 0.5) is 5.69 Å². The van der Waals surface area contributed by atoms with Crippen molar-refractivity contribution in [2.75, 3.05) is 5.32 Å². The van der Waals surface area contributed by atoms with Crippen molar-refractivity contribution in [2.24, 2.45) is 0 Å². The zero-order valence-electron chi connectivity index (χ0n) is 14.2. The van der Waals surface area contributed by atoms with Crippen LogP contribution >= 0.6 is 11.6 Å². The van der Waals surface area contributed by atoms with E-state index in [0.29, 0.717) is 22.9 Å². The van der Waals surface area contributed by atoms with Gasteiger partial charge >= 0.3 is 0 Å². The number of rotatable bonds is 5. The molecule has 3 rings (SSSR count). The molecule has 0 atom stereocenters. The average molecular weight is 355 g/mol. The number of halogens is 1. The number of anilines is 1. The van der Waals surface area contributed by atoms with Crippen molar-refractivity contribution in [2.45, 2.75) is 26.8 Å². The maximum Gasteiger partial charge on any atom is 0.274 e. The van der Waals surface area contributed by atoms with Gasteiger partial charge in [0.25, 0.3) is 5.91 Å². The van der Waals surface area contributed by atoms with E-state index in [4.69, 9.17) is 11.6 Å². The summed E-state index contributed by atoms with van der Waals surface area (Å²) in [6, 6.07) is 11.0. The second-order valence-electron chi connectivity index (χ2n) is 5.85. The normalized spacial score (nSPS) is 10.7. The smallest absolute Gasteiger partial charge is 0.274 e. The Bertz CT molecular complexity index is 872. The van der Waals surface area contributed by atoms with Gasteiger partial charge in [-0.05, 0) is 62.2 Å². The summed E-state index contributed by atoms with van der Waals surface area (Å²) in [5.74, 6) is -0.171. The highest BCUT2D eigenvalue weighted by molar-refractivity contribution is 6.30. The number of pyridine rings is 1. The van der Waals surface area contributed by atoms with Crippen molar-refractivity contribution in [1.82, 2.24) is 14.8 Å². The van der Waals surface area contributed by atoms with Gasteiger partial charge in [-0.25, -0.2) is 0 Å². The predicted molar refractivity (Wildman–Crippen MR) is 99.0 cm³/mol. The third kappa shape index (κ3) is 4.06. The second kappa shape index (κ2) is 7.49. The van der Waals surface area contributed by atoms with Crippen LogP contribution in [-0.4, -0.2) is 20.7 Å². The molecule has 5 nitrogen and oxygen atoms in total. The summed E-state index contributed by atoms with van der Waals surface area (Å²) in [5.41, 5.74) is 4.19. The summed E-state index contributed by atoms with van der Waals surface area (Å²) in [7, 11) is 0. The molecule has 0 unspecified atom stereocenters. The molecule has 0 spiro atoms. The molecule has 3 aromatic rings. The summed E-state index contributed by atoms with van der Waals surface area (Å²) >= 11 is 5.89. The van der Waals surface area contributed by atoms with Crippen molar-refractivity contribution in [3.63, 3.8) is 0 Å². The molecular formula is C19H19ClN4O. The van der Waals surface area contributed by atoms with Crippen LogP contribution in [0.2, 0.25) is 5.02 Å². The lowest BCUT2D eigenvalue weighted by Gasteiger charge is -2.10. The van der Waals surface area contributed by atoms with Gasteiger partial charge in [0.2, 0.25) is 0 Å². The van der Waals surface area contributed by atoms with Crippen molar-refractivity contribution >= 4 is 23.2 Å². The summed E-state index contributed by atoms with van der Waals surface area (Å²) in [6.07, 6.45) is 4.32. The first-order valence-corrected chi connectivity index (χ1v) is 8.42. The fourth-order valence-electron chi connectivity index (χ4n) is 2.63. The predicted octanol–water partition coefficient (Wildman–Crippen LogP) is 4.04. The molecule has 1 amide bonds. The van der Waals surface area contributed by atoms with Crippen molar-refractivity contribution in [3.05, 3.63) is 76.3 Å². The minimum atomic E-state index is -0.171.